The van der Waals surface area contributed by atoms with E-state index in [4.69, 9.17) is 10.8 Å². The number of carboxylic acid groups (broad SMARTS) is 1. The summed E-state index contributed by atoms with van der Waals surface area (Å²) in [6, 6.07) is 6.39. The van der Waals surface area contributed by atoms with Gasteiger partial charge in [0.05, 0.1) is 11.6 Å². The Morgan fingerprint density at radius 3 is 2.66 bits per heavy atom. The molecule has 3 heterocycles. The number of anilines is 1. The lowest BCUT2D eigenvalue weighted by Gasteiger charge is -2.46. The van der Waals surface area contributed by atoms with Gasteiger partial charge in [-0.05, 0) is 48.1 Å². The Labute approximate surface area is 180 Å². The molecule has 1 aromatic carbocycles. The number of fused-ring (bicyclic) bond motifs is 2. The Bertz CT molecular complexity index is 1310. The van der Waals surface area contributed by atoms with Gasteiger partial charge in [0.2, 0.25) is 5.43 Å². The van der Waals surface area contributed by atoms with Gasteiger partial charge in [-0.2, -0.15) is 0 Å². The number of pyridine rings is 2. The molecular formula is C22H20F2N4O4. The van der Waals surface area contributed by atoms with Crippen LogP contribution in [0.4, 0.5) is 19.4 Å². The maximum absolute atomic E-state index is 15.1. The zero-order valence-electron chi connectivity index (χ0n) is 17.1. The van der Waals surface area contributed by atoms with E-state index in [0.29, 0.717) is 18.8 Å². The van der Waals surface area contributed by atoms with Crippen LogP contribution in [-0.4, -0.2) is 39.9 Å². The second-order valence-corrected chi connectivity index (χ2v) is 8.71. The van der Waals surface area contributed by atoms with Crippen molar-refractivity contribution in [3.8, 4) is 11.4 Å². The fraction of sp³-hybridized carbons (Fsp3) is 0.318. The molecule has 3 atom stereocenters. The van der Waals surface area contributed by atoms with Crippen molar-refractivity contribution in [3.63, 3.8) is 0 Å². The Kier molecular flexibility index (Phi) is 4.45. The van der Waals surface area contributed by atoms with Crippen molar-refractivity contribution in [2.24, 2.45) is 17.1 Å². The molecule has 2 aliphatic rings. The van der Waals surface area contributed by atoms with Gasteiger partial charge >= 0.3 is 6.16 Å². The average Bonchev–Trinajstić information content (AvgIpc) is 3.01. The summed E-state index contributed by atoms with van der Waals surface area (Å²) in [5.41, 5.74) is 5.80. The normalized spacial score (nSPS) is 24.3. The van der Waals surface area contributed by atoms with E-state index in [1.807, 2.05) is 4.90 Å². The van der Waals surface area contributed by atoms with Crippen LogP contribution in [0.3, 0.4) is 0 Å². The summed E-state index contributed by atoms with van der Waals surface area (Å²) in [4.78, 5) is 30.1. The molecular weight excluding hydrogens is 422 g/mol. The third kappa shape index (κ3) is 3.10. The molecule has 32 heavy (non-hydrogen) atoms. The highest BCUT2D eigenvalue weighted by Gasteiger charge is 2.55. The molecule has 3 N–H and O–H groups in total. The molecule has 1 saturated heterocycles. The molecule has 2 aromatic heterocycles. The minimum absolute atomic E-state index is 0.0156. The first-order valence-electron chi connectivity index (χ1n) is 10.1. The first-order chi connectivity index (χ1) is 15.2. The lowest BCUT2D eigenvalue weighted by Crippen LogP contribution is -2.53. The minimum atomic E-state index is -1.69. The van der Waals surface area contributed by atoms with Gasteiger partial charge < -0.3 is 20.5 Å². The predicted molar refractivity (Wildman–Crippen MR) is 112 cm³/mol. The smallest absolute Gasteiger partial charge is 0.449 e. The van der Waals surface area contributed by atoms with Crippen LogP contribution in [-0.2, 0) is 0 Å². The van der Waals surface area contributed by atoms with Gasteiger partial charge in [0.15, 0.2) is 23.0 Å². The molecule has 0 unspecified atom stereocenters. The van der Waals surface area contributed by atoms with Crippen LogP contribution >= 0.6 is 0 Å². The number of ether oxygens (including phenoxy) is 1. The van der Waals surface area contributed by atoms with Gasteiger partial charge in [0.1, 0.15) is 5.82 Å². The molecule has 1 aliphatic heterocycles. The Morgan fingerprint density at radius 1 is 1.31 bits per heavy atom. The van der Waals surface area contributed by atoms with Crippen LogP contribution in [0.2, 0.25) is 0 Å². The molecule has 0 radical (unpaired) electrons. The summed E-state index contributed by atoms with van der Waals surface area (Å²) in [6.45, 7) is 3.25. The van der Waals surface area contributed by atoms with E-state index in [9.17, 15) is 14.0 Å². The number of carbonyl (C=O) groups is 1. The van der Waals surface area contributed by atoms with Crippen LogP contribution in [0.5, 0.6) is 5.75 Å². The number of nitrogens with zero attached hydrogens (tertiary/aromatic N) is 3. The van der Waals surface area contributed by atoms with Crippen LogP contribution in [0, 0.1) is 23.0 Å². The van der Waals surface area contributed by atoms with E-state index >= 15 is 4.39 Å². The number of benzene rings is 1. The molecule has 5 rings (SSSR count). The summed E-state index contributed by atoms with van der Waals surface area (Å²) < 4.78 is 34.6. The zero-order valence-corrected chi connectivity index (χ0v) is 17.1. The number of hydrogen-bond donors (Lipinski definition) is 2. The SMILES string of the molecule is C[C@]12C[C@H](N)[C@@H]1CN(c1nc3c(cc1F)c(=O)c(OC(=O)O)cn3-c1ccc(F)cc1)C2. The van der Waals surface area contributed by atoms with Gasteiger partial charge in [0.25, 0.3) is 0 Å². The van der Waals surface area contributed by atoms with Crippen LogP contribution in [0.25, 0.3) is 16.7 Å². The van der Waals surface area contributed by atoms with Crippen molar-refractivity contribution in [2.45, 2.75) is 19.4 Å². The van der Waals surface area contributed by atoms with Crippen molar-refractivity contribution < 1.29 is 23.4 Å². The Morgan fingerprint density at radius 2 is 2.03 bits per heavy atom. The Balaban J connectivity index is 1.70. The third-order valence-corrected chi connectivity index (χ3v) is 6.57. The highest BCUT2D eigenvalue weighted by Crippen LogP contribution is 2.51. The summed E-state index contributed by atoms with van der Waals surface area (Å²) in [5.74, 6) is -1.38. The summed E-state index contributed by atoms with van der Waals surface area (Å²) in [6.07, 6.45) is 0.319. The predicted octanol–water partition coefficient (Wildman–Crippen LogP) is 2.89. The van der Waals surface area contributed by atoms with Crippen molar-refractivity contribution in [3.05, 3.63) is 58.4 Å². The second kappa shape index (κ2) is 6.99. The second-order valence-electron chi connectivity index (χ2n) is 8.71. The van der Waals surface area contributed by atoms with E-state index in [-0.39, 0.29) is 34.2 Å². The number of halogens is 2. The molecule has 10 heteroatoms. The zero-order chi connectivity index (χ0) is 22.8. The molecule has 1 saturated carbocycles. The van der Waals surface area contributed by atoms with Crippen molar-refractivity contribution >= 4 is 23.0 Å². The number of nitrogens with two attached hydrogens (primary N) is 1. The van der Waals surface area contributed by atoms with E-state index in [2.05, 4.69) is 16.6 Å². The van der Waals surface area contributed by atoms with Gasteiger partial charge in [0, 0.05) is 24.8 Å². The van der Waals surface area contributed by atoms with Crippen LogP contribution < -0.4 is 20.8 Å². The van der Waals surface area contributed by atoms with E-state index in [1.165, 1.54) is 28.8 Å². The standard InChI is InChI=1S/C22H20F2N4O4/c1-22-7-16(25)14(22)8-27(10-22)20-15(24)6-13-18(29)17(32-21(30)31)9-28(19(13)26-20)12-4-2-11(23)3-5-12/h2-6,9,14,16H,7-8,10,25H2,1H3,(H,30,31)/t14-,16-,22+/m0/s1. The van der Waals surface area contributed by atoms with Gasteiger partial charge in [-0.15, -0.1) is 0 Å². The van der Waals surface area contributed by atoms with E-state index < -0.39 is 29.0 Å². The number of rotatable bonds is 3. The highest BCUT2D eigenvalue weighted by molar-refractivity contribution is 5.81. The van der Waals surface area contributed by atoms with Crippen molar-refractivity contribution in [1.82, 2.24) is 9.55 Å². The molecule has 0 amide bonds. The maximum atomic E-state index is 15.1. The van der Waals surface area contributed by atoms with Crippen LogP contribution in [0.15, 0.2) is 41.3 Å². The summed E-state index contributed by atoms with van der Waals surface area (Å²) >= 11 is 0. The van der Waals surface area contributed by atoms with Gasteiger partial charge in [-0.1, -0.05) is 6.92 Å². The summed E-state index contributed by atoms with van der Waals surface area (Å²) in [7, 11) is 0. The fourth-order valence-corrected chi connectivity index (χ4v) is 5.00. The first-order valence-corrected chi connectivity index (χ1v) is 10.1. The third-order valence-electron chi connectivity index (χ3n) is 6.57. The Hall–Kier alpha value is -3.53. The van der Waals surface area contributed by atoms with Crippen molar-refractivity contribution in [1.29, 1.82) is 0 Å². The maximum Gasteiger partial charge on any atom is 0.511 e. The fourth-order valence-electron chi connectivity index (χ4n) is 5.00. The van der Waals surface area contributed by atoms with E-state index in [0.717, 1.165) is 18.7 Å². The van der Waals surface area contributed by atoms with Gasteiger partial charge in [-0.25, -0.2) is 18.6 Å². The molecule has 3 aromatic rings. The molecule has 166 valence electrons. The van der Waals surface area contributed by atoms with E-state index in [1.54, 1.807) is 0 Å². The molecule has 2 fully saturated rings. The molecule has 0 bridgehead atoms. The molecule has 0 spiro atoms. The lowest BCUT2D eigenvalue weighted by molar-refractivity contribution is 0.0771. The average molecular weight is 442 g/mol. The molecule has 1 aliphatic carbocycles. The topological polar surface area (TPSA) is 111 Å². The quantitative estimate of drug-likeness (QED) is 0.600. The monoisotopic (exact) mass is 442 g/mol. The van der Waals surface area contributed by atoms with Crippen molar-refractivity contribution in [2.75, 3.05) is 18.0 Å². The van der Waals surface area contributed by atoms with Gasteiger partial charge in [-0.3, -0.25) is 9.36 Å². The summed E-state index contributed by atoms with van der Waals surface area (Å²) in [5, 5.41) is 8.82. The lowest BCUT2D eigenvalue weighted by atomic mass is 9.60. The minimum Gasteiger partial charge on any atom is -0.449 e. The number of aromatic nitrogens is 2. The first kappa shape index (κ1) is 20.4. The largest absolute Gasteiger partial charge is 0.511 e. The molecule has 8 nitrogen and oxygen atoms in total. The van der Waals surface area contributed by atoms with Crippen LogP contribution in [0.1, 0.15) is 13.3 Å². The number of hydrogen-bond acceptors (Lipinski definition) is 6. The highest BCUT2D eigenvalue weighted by atomic mass is 19.1.